The smallest absolute Gasteiger partial charge is 0.341 e. The van der Waals surface area contributed by atoms with Crippen LogP contribution in [0.4, 0.5) is 5.00 Å². The summed E-state index contributed by atoms with van der Waals surface area (Å²) in [6.45, 7) is 5.38. The van der Waals surface area contributed by atoms with Crippen LogP contribution in [-0.2, 0) is 4.74 Å². The zero-order valence-electron chi connectivity index (χ0n) is 11.5. The third-order valence-corrected chi connectivity index (χ3v) is 3.92. The average Bonchev–Trinajstić information content (AvgIpc) is 2.94. The number of hydrogen-bond donors (Lipinski definition) is 2. The number of aromatic amines is 1. The zero-order chi connectivity index (χ0) is 14.9. The van der Waals surface area contributed by atoms with Gasteiger partial charge >= 0.3 is 5.97 Å². The lowest BCUT2D eigenvalue weighted by molar-refractivity contribution is 0.0601. The van der Waals surface area contributed by atoms with Gasteiger partial charge in [0.1, 0.15) is 10.8 Å². The summed E-state index contributed by atoms with van der Waals surface area (Å²) in [6, 6.07) is 0. The molecule has 2 rings (SSSR count). The molecule has 0 aromatic carbocycles. The number of thiophene rings is 1. The Morgan fingerprint density at radius 1 is 1.30 bits per heavy atom. The van der Waals surface area contributed by atoms with Crippen molar-refractivity contribution in [2.24, 2.45) is 0 Å². The van der Waals surface area contributed by atoms with Crippen LogP contribution < -0.4 is 5.32 Å². The van der Waals surface area contributed by atoms with Crippen LogP contribution in [0.1, 0.15) is 37.2 Å². The van der Waals surface area contributed by atoms with Crippen LogP contribution >= 0.6 is 11.3 Å². The Kier molecular flexibility index (Phi) is 3.84. The lowest BCUT2D eigenvalue weighted by atomic mass is 10.1. The number of aromatic nitrogens is 3. The van der Waals surface area contributed by atoms with Gasteiger partial charge in [0.25, 0.3) is 5.91 Å². The van der Waals surface area contributed by atoms with Crippen molar-refractivity contribution < 1.29 is 14.3 Å². The molecular formula is C12H14N4O3S. The SMILES string of the molecule is COC(=O)c1c(NC(=O)c2n[nH]c(C)n2)sc(C)c1C. The van der Waals surface area contributed by atoms with Crippen LogP contribution in [0, 0.1) is 20.8 Å². The maximum Gasteiger partial charge on any atom is 0.341 e. The van der Waals surface area contributed by atoms with E-state index in [0.717, 1.165) is 10.4 Å². The molecule has 20 heavy (non-hydrogen) atoms. The van der Waals surface area contributed by atoms with E-state index in [4.69, 9.17) is 4.74 Å². The van der Waals surface area contributed by atoms with Crippen LogP contribution in [0.5, 0.6) is 0 Å². The third-order valence-electron chi connectivity index (χ3n) is 2.80. The van der Waals surface area contributed by atoms with Crippen LogP contribution in [0.15, 0.2) is 0 Å². The molecule has 1 amide bonds. The summed E-state index contributed by atoms with van der Waals surface area (Å²) in [5, 5.41) is 9.46. The summed E-state index contributed by atoms with van der Waals surface area (Å²) in [4.78, 5) is 28.7. The molecule has 0 aliphatic heterocycles. The monoisotopic (exact) mass is 294 g/mol. The first-order chi connectivity index (χ1) is 9.43. The van der Waals surface area contributed by atoms with E-state index in [0.29, 0.717) is 16.4 Å². The Balaban J connectivity index is 2.32. The Morgan fingerprint density at radius 2 is 2.00 bits per heavy atom. The predicted molar refractivity (Wildman–Crippen MR) is 74.2 cm³/mol. The molecule has 0 bridgehead atoms. The fourth-order valence-corrected chi connectivity index (χ4v) is 2.71. The van der Waals surface area contributed by atoms with Crippen LogP contribution in [0.2, 0.25) is 0 Å². The van der Waals surface area contributed by atoms with E-state index in [1.165, 1.54) is 18.4 Å². The molecule has 7 nitrogen and oxygen atoms in total. The summed E-state index contributed by atoms with van der Waals surface area (Å²) < 4.78 is 4.74. The molecular weight excluding hydrogens is 280 g/mol. The lowest BCUT2D eigenvalue weighted by Crippen LogP contribution is -2.15. The molecule has 0 saturated carbocycles. The number of methoxy groups -OCH3 is 1. The number of ether oxygens (including phenoxy) is 1. The highest BCUT2D eigenvalue weighted by Gasteiger charge is 2.23. The van der Waals surface area contributed by atoms with E-state index in [1.807, 2.05) is 13.8 Å². The van der Waals surface area contributed by atoms with Gasteiger partial charge in [-0.1, -0.05) is 0 Å². The molecule has 0 atom stereocenters. The topological polar surface area (TPSA) is 97.0 Å². The first-order valence-corrected chi connectivity index (χ1v) is 6.64. The van der Waals surface area contributed by atoms with E-state index >= 15 is 0 Å². The molecule has 0 spiro atoms. The average molecular weight is 294 g/mol. The van der Waals surface area contributed by atoms with Gasteiger partial charge < -0.3 is 10.1 Å². The highest BCUT2D eigenvalue weighted by molar-refractivity contribution is 7.16. The number of esters is 1. The molecule has 106 valence electrons. The molecule has 2 N–H and O–H groups in total. The fourth-order valence-electron chi connectivity index (χ4n) is 1.67. The minimum atomic E-state index is -0.478. The quantitative estimate of drug-likeness (QED) is 0.842. The van der Waals surface area contributed by atoms with Crippen LogP contribution in [0.3, 0.4) is 0 Å². The van der Waals surface area contributed by atoms with Crippen molar-refractivity contribution in [3.8, 4) is 0 Å². The number of amides is 1. The summed E-state index contributed by atoms with van der Waals surface area (Å²) >= 11 is 1.32. The maximum atomic E-state index is 12.0. The Bertz CT molecular complexity index is 674. The molecule has 8 heteroatoms. The van der Waals surface area contributed by atoms with E-state index in [1.54, 1.807) is 6.92 Å². The Hall–Kier alpha value is -2.22. The Labute approximate surface area is 119 Å². The van der Waals surface area contributed by atoms with Gasteiger partial charge in [0.05, 0.1) is 12.7 Å². The molecule has 2 aromatic rings. The number of aryl methyl sites for hydroxylation is 2. The maximum absolute atomic E-state index is 12.0. The standard InChI is InChI=1S/C12H14N4O3S/c1-5-6(2)20-11(8(5)12(18)19-4)14-10(17)9-13-7(3)15-16-9/h1-4H3,(H,14,17)(H,13,15,16). The second-order valence-corrected chi connectivity index (χ2v) is 5.40. The summed E-state index contributed by atoms with van der Waals surface area (Å²) in [5.74, 6) is -0.377. The van der Waals surface area contributed by atoms with Gasteiger partial charge in [-0.05, 0) is 26.3 Å². The Morgan fingerprint density at radius 3 is 2.55 bits per heavy atom. The van der Waals surface area contributed by atoms with Gasteiger partial charge in [0, 0.05) is 4.88 Å². The molecule has 0 unspecified atom stereocenters. The molecule has 0 saturated heterocycles. The number of nitrogens with one attached hydrogen (secondary N) is 2. The molecule has 0 aliphatic carbocycles. The molecule has 0 radical (unpaired) electrons. The molecule has 0 aliphatic rings. The summed E-state index contributed by atoms with van der Waals surface area (Å²) in [5.41, 5.74) is 1.17. The van der Waals surface area contributed by atoms with Crippen LogP contribution in [-0.4, -0.2) is 34.2 Å². The summed E-state index contributed by atoms with van der Waals surface area (Å²) in [7, 11) is 1.30. The van der Waals surface area contributed by atoms with E-state index in [9.17, 15) is 9.59 Å². The van der Waals surface area contributed by atoms with Gasteiger partial charge in [0.15, 0.2) is 0 Å². The second-order valence-electron chi connectivity index (χ2n) is 4.18. The lowest BCUT2D eigenvalue weighted by Gasteiger charge is -2.04. The number of carbonyl (C=O) groups excluding carboxylic acids is 2. The minimum absolute atomic E-state index is 0.0296. The fraction of sp³-hybridized carbons (Fsp3) is 0.333. The molecule has 0 fully saturated rings. The molecule has 2 aromatic heterocycles. The molecule has 2 heterocycles. The van der Waals surface area contributed by atoms with Crippen molar-refractivity contribution in [3.63, 3.8) is 0 Å². The number of H-pyrrole nitrogens is 1. The number of anilines is 1. The van der Waals surface area contributed by atoms with E-state index in [2.05, 4.69) is 20.5 Å². The largest absolute Gasteiger partial charge is 0.465 e. The van der Waals surface area contributed by atoms with Gasteiger partial charge in [-0.25, -0.2) is 9.78 Å². The van der Waals surface area contributed by atoms with Gasteiger partial charge in [-0.3, -0.25) is 9.89 Å². The number of carbonyl (C=O) groups is 2. The summed E-state index contributed by atoms with van der Waals surface area (Å²) in [6.07, 6.45) is 0. The highest BCUT2D eigenvalue weighted by atomic mass is 32.1. The van der Waals surface area contributed by atoms with Gasteiger partial charge in [0.2, 0.25) is 5.82 Å². The van der Waals surface area contributed by atoms with Crippen molar-refractivity contribution in [1.29, 1.82) is 0 Å². The van der Waals surface area contributed by atoms with Crippen molar-refractivity contribution in [3.05, 3.63) is 27.7 Å². The number of nitrogens with zero attached hydrogens (tertiary/aromatic N) is 2. The van der Waals surface area contributed by atoms with Crippen molar-refractivity contribution in [2.45, 2.75) is 20.8 Å². The van der Waals surface area contributed by atoms with Crippen molar-refractivity contribution in [2.75, 3.05) is 12.4 Å². The van der Waals surface area contributed by atoms with Gasteiger partial charge in [-0.2, -0.15) is 0 Å². The van der Waals surface area contributed by atoms with Crippen LogP contribution in [0.25, 0.3) is 0 Å². The predicted octanol–water partition coefficient (Wildman–Crippen LogP) is 1.83. The number of hydrogen-bond acceptors (Lipinski definition) is 6. The van der Waals surface area contributed by atoms with E-state index in [-0.39, 0.29) is 5.82 Å². The van der Waals surface area contributed by atoms with E-state index < -0.39 is 11.9 Å². The second kappa shape index (κ2) is 5.41. The first-order valence-electron chi connectivity index (χ1n) is 5.82. The van der Waals surface area contributed by atoms with Crippen molar-refractivity contribution in [1.82, 2.24) is 15.2 Å². The third kappa shape index (κ3) is 2.55. The number of rotatable bonds is 3. The van der Waals surface area contributed by atoms with Gasteiger partial charge in [-0.15, -0.1) is 16.4 Å². The zero-order valence-corrected chi connectivity index (χ0v) is 12.3. The van der Waals surface area contributed by atoms with Crippen molar-refractivity contribution >= 4 is 28.2 Å². The first kappa shape index (κ1) is 14.2. The normalized spacial score (nSPS) is 10.4. The highest BCUT2D eigenvalue weighted by Crippen LogP contribution is 2.33. The minimum Gasteiger partial charge on any atom is -0.465 e.